The summed E-state index contributed by atoms with van der Waals surface area (Å²) in [5.41, 5.74) is 2.05. The van der Waals surface area contributed by atoms with Crippen molar-refractivity contribution < 1.29 is 14.4 Å². The van der Waals surface area contributed by atoms with Crippen LogP contribution in [0.1, 0.15) is 55.1 Å². The van der Waals surface area contributed by atoms with Gasteiger partial charge in [-0.2, -0.15) is 5.10 Å². The van der Waals surface area contributed by atoms with E-state index in [1.165, 1.54) is 0 Å². The van der Waals surface area contributed by atoms with Crippen molar-refractivity contribution in [3.8, 4) is 0 Å². The average molecular weight is 451 g/mol. The Labute approximate surface area is 185 Å². The SMILES string of the molecule is Cc1cc(C(C)(C)C(=O)NCc2cc(Cl)c(C3CCC(=O)NC3=O)c(Cl)c2)nn1C. The number of nitrogens with one attached hydrogen (secondary N) is 2. The predicted molar refractivity (Wildman–Crippen MR) is 114 cm³/mol. The number of hydrogen-bond acceptors (Lipinski definition) is 4. The van der Waals surface area contributed by atoms with Crippen LogP contribution in [0.2, 0.25) is 10.0 Å². The van der Waals surface area contributed by atoms with E-state index in [9.17, 15) is 14.4 Å². The van der Waals surface area contributed by atoms with Gasteiger partial charge in [-0.05, 0) is 51.0 Å². The van der Waals surface area contributed by atoms with Gasteiger partial charge in [-0.3, -0.25) is 24.4 Å². The molecule has 2 aromatic rings. The quantitative estimate of drug-likeness (QED) is 0.684. The third-order valence-corrected chi connectivity index (χ3v) is 6.13. The first-order valence-corrected chi connectivity index (χ1v) is 10.4. The lowest BCUT2D eigenvalue weighted by atomic mass is 9.88. The molecule has 3 rings (SSSR count). The molecule has 1 aromatic heterocycles. The Hall–Kier alpha value is -2.38. The number of halogens is 2. The lowest BCUT2D eigenvalue weighted by Gasteiger charge is -2.24. The molecule has 160 valence electrons. The number of imide groups is 1. The molecular weight excluding hydrogens is 427 g/mol. The first kappa shape index (κ1) is 22.3. The Balaban J connectivity index is 1.74. The van der Waals surface area contributed by atoms with E-state index in [0.29, 0.717) is 33.3 Å². The second kappa shape index (κ2) is 8.40. The van der Waals surface area contributed by atoms with Crippen LogP contribution in [0.5, 0.6) is 0 Å². The van der Waals surface area contributed by atoms with Gasteiger partial charge in [-0.15, -0.1) is 0 Å². The van der Waals surface area contributed by atoms with Gasteiger partial charge in [0.25, 0.3) is 0 Å². The first-order chi connectivity index (χ1) is 14.0. The van der Waals surface area contributed by atoms with E-state index in [0.717, 1.165) is 5.69 Å². The fraction of sp³-hybridized carbons (Fsp3) is 0.429. The van der Waals surface area contributed by atoms with Gasteiger partial charge < -0.3 is 5.32 Å². The highest BCUT2D eigenvalue weighted by molar-refractivity contribution is 6.36. The smallest absolute Gasteiger partial charge is 0.234 e. The Kier molecular flexibility index (Phi) is 6.24. The van der Waals surface area contributed by atoms with E-state index < -0.39 is 17.2 Å². The molecular formula is C21H24Cl2N4O3. The second-order valence-electron chi connectivity index (χ2n) is 8.08. The molecule has 30 heavy (non-hydrogen) atoms. The molecule has 1 aromatic carbocycles. The maximum absolute atomic E-state index is 12.8. The first-order valence-electron chi connectivity index (χ1n) is 9.61. The highest BCUT2D eigenvalue weighted by atomic mass is 35.5. The van der Waals surface area contributed by atoms with Gasteiger partial charge in [0, 0.05) is 41.3 Å². The van der Waals surface area contributed by atoms with Crippen LogP contribution in [-0.4, -0.2) is 27.5 Å². The summed E-state index contributed by atoms with van der Waals surface area (Å²) in [5, 5.41) is 10.3. The molecule has 0 saturated carbocycles. The van der Waals surface area contributed by atoms with Gasteiger partial charge in [0.1, 0.15) is 0 Å². The highest BCUT2D eigenvalue weighted by Gasteiger charge is 2.33. The number of aromatic nitrogens is 2. The number of carbonyl (C=O) groups excluding carboxylic acids is 3. The van der Waals surface area contributed by atoms with Crippen LogP contribution in [0.15, 0.2) is 18.2 Å². The molecule has 0 bridgehead atoms. The summed E-state index contributed by atoms with van der Waals surface area (Å²) in [7, 11) is 1.83. The fourth-order valence-electron chi connectivity index (χ4n) is 3.43. The van der Waals surface area contributed by atoms with Crippen molar-refractivity contribution in [2.75, 3.05) is 0 Å². The number of hydrogen-bond donors (Lipinski definition) is 2. The van der Waals surface area contributed by atoms with Crippen LogP contribution in [0.4, 0.5) is 0 Å². The van der Waals surface area contributed by atoms with Crippen molar-refractivity contribution in [2.45, 2.75) is 51.5 Å². The number of nitrogens with zero attached hydrogens (tertiary/aromatic N) is 2. The van der Waals surface area contributed by atoms with E-state index >= 15 is 0 Å². The molecule has 1 aliphatic heterocycles. The van der Waals surface area contributed by atoms with Crippen LogP contribution in [0, 0.1) is 6.92 Å². The topological polar surface area (TPSA) is 93.1 Å². The zero-order chi connectivity index (χ0) is 22.2. The van der Waals surface area contributed by atoms with E-state index in [1.807, 2.05) is 33.9 Å². The van der Waals surface area contributed by atoms with Crippen LogP contribution in [0.3, 0.4) is 0 Å². The molecule has 1 unspecified atom stereocenters. The molecule has 0 aliphatic carbocycles. The van der Waals surface area contributed by atoms with Crippen molar-refractivity contribution >= 4 is 40.9 Å². The summed E-state index contributed by atoms with van der Waals surface area (Å²) in [5.74, 6) is -1.45. The molecule has 0 spiro atoms. The molecule has 9 heteroatoms. The largest absolute Gasteiger partial charge is 0.351 e. The minimum absolute atomic E-state index is 0.179. The Morgan fingerprint density at radius 1 is 1.27 bits per heavy atom. The average Bonchev–Trinajstić information content (AvgIpc) is 3.00. The third kappa shape index (κ3) is 4.37. The molecule has 0 radical (unpaired) electrons. The zero-order valence-corrected chi connectivity index (χ0v) is 18.8. The van der Waals surface area contributed by atoms with E-state index in [-0.39, 0.29) is 24.8 Å². The Morgan fingerprint density at radius 2 is 1.90 bits per heavy atom. The van der Waals surface area contributed by atoms with E-state index in [4.69, 9.17) is 23.2 Å². The third-order valence-electron chi connectivity index (χ3n) is 5.50. The highest BCUT2D eigenvalue weighted by Crippen LogP contribution is 2.37. The van der Waals surface area contributed by atoms with E-state index in [1.54, 1.807) is 16.8 Å². The second-order valence-corrected chi connectivity index (χ2v) is 8.89. The molecule has 1 atom stereocenters. The number of piperidine rings is 1. The van der Waals surface area contributed by atoms with Crippen molar-refractivity contribution in [3.05, 3.63) is 50.8 Å². The van der Waals surface area contributed by atoms with Gasteiger partial charge in [0.05, 0.1) is 17.0 Å². The number of rotatable bonds is 5. The molecule has 2 N–H and O–H groups in total. The minimum Gasteiger partial charge on any atom is -0.351 e. The normalized spacial score (nSPS) is 17.1. The molecule has 7 nitrogen and oxygen atoms in total. The van der Waals surface area contributed by atoms with Gasteiger partial charge in [-0.25, -0.2) is 0 Å². The maximum atomic E-state index is 12.8. The Morgan fingerprint density at radius 3 is 2.43 bits per heavy atom. The van der Waals surface area contributed by atoms with Crippen molar-refractivity contribution in [1.82, 2.24) is 20.4 Å². The summed E-state index contributed by atoms with van der Waals surface area (Å²) < 4.78 is 1.73. The van der Waals surface area contributed by atoms with Crippen LogP contribution < -0.4 is 10.6 Å². The molecule has 1 aliphatic rings. The van der Waals surface area contributed by atoms with Gasteiger partial charge in [0.15, 0.2) is 0 Å². The summed E-state index contributed by atoms with van der Waals surface area (Å²) >= 11 is 12.8. The molecule has 1 fully saturated rings. The number of aryl methyl sites for hydroxylation is 2. The summed E-state index contributed by atoms with van der Waals surface area (Å²) in [4.78, 5) is 36.4. The summed E-state index contributed by atoms with van der Waals surface area (Å²) in [6.07, 6.45) is 0.598. The number of carbonyl (C=O) groups is 3. The van der Waals surface area contributed by atoms with Gasteiger partial charge in [0.2, 0.25) is 17.7 Å². The van der Waals surface area contributed by atoms with E-state index in [2.05, 4.69) is 15.7 Å². The minimum atomic E-state index is -0.813. The standard InChI is InChI=1S/C21H24Cl2N4O3/c1-11-7-16(26-27(11)4)21(2,3)20(30)24-10-12-8-14(22)18(15(23)9-12)13-5-6-17(28)25-19(13)29/h7-9,13H,5-6,10H2,1-4H3,(H,24,30)(H,25,28,29). The molecule has 2 heterocycles. The number of amides is 3. The number of benzene rings is 1. The van der Waals surface area contributed by atoms with Crippen LogP contribution >= 0.6 is 23.2 Å². The van der Waals surface area contributed by atoms with Crippen molar-refractivity contribution in [2.24, 2.45) is 7.05 Å². The van der Waals surface area contributed by atoms with Crippen LogP contribution in [0.25, 0.3) is 0 Å². The van der Waals surface area contributed by atoms with Crippen molar-refractivity contribution in [1.29, 1.82) is 0 Å². The van der Waals surface area contributed by atoms with Crippen LogP contribution in [-0.2, 0) is 33.4 Å². The fourth-order valence-corrected chi connectivity index (χ4v) is 4.22. The zero-order valence-electron chi connectivity index (χ0n) is 17.3. The molecule has 1 saturated heterocycles. The summed E-state index contributed by atoms with van der Waals surface area (Å²) in [6.45, 7) is 5.79. The monoisotopic (exact) mass is 450 g/mol. The van der Waals surface area contributed by atoms with Crippen molar-refractivity contribution in [3.63, 3.8) is 0 Å². The van der Waals surface area contributed by atoms with Gasteiger partial charge >= 0.3 is 0 Å². The Bertz CT molecular complexity index is 987. The lowest BCUT2D eigenvalue weighted by Crippen LogP contribution is -2.40. The molecule has 3 amide bonds. The predicted octanol–water partition coefficient (Wildman–Crippen LogP) is 3.15. The summed E-state index contributed by atoms with van der Waals surface area (Å²) in [6, 6.07) is 5.26. The van der Waals surface area contributed by atoms with Gasteiger partial charge in [-0.1, -0.05) is 23.2 Å². The lowest BCUT2D eigenvalue weighted by molar-refractivity contribution is -0.134. The maximum Gasteiger partial charge on any atom is 0.234 e.